The summed E-state index contributed by atoms with van der Waals surface area (Å²) in [6, 6.07) is 4.38. The molecule has 3 nitrogen and oxygen atoms in total. The Bertz CT molecular complexity index is 387. The average Bonchev–Trinajstić information content (AvgIpc) is 2.61. The first-order chi connectivity index (χ1) is 7.17. The Kier molecular flexibility index (Phi) is 4.32. The van der Waals surface area contributed by atoms with Crippen LogP contribution >= 0.6 is 11.3 Å². The van der Waals surface area contributed by atoms with Gasteiger partial charge in [0.2, 0.25) is 0 Å². The SMILES string of the molecule is CCC(N=C(C)NC#N)c1ccc(C)s1. The Morgan fingerprint density at radius 2 is 2.40 bits per heavy atom. The van der Waals surface area contributed by atoms with E-state index in [0.717, 1.165) is 6.42 Å². The molecule has 0 radical (unpaired) electrons. The standard InChI is InChI=1S/C11H15N3S/c1-4-10(14-9(3)13-7-12)11-6-5-8(2)15-11/h5-6,10H,4H2,1-3H3,(H,13,14). The van der Waals surface area contributed by atoms with Gasteiger partial charge in [-0.3, -0.25) is 10.3 Å². The second kappa shape index (κ2) is 5.52. The van der Waals surface area contributed by atoms with E-state index in [1.165, 1.54) is 9.75 Å². The van der Waals surface area contributed by atoms with Crippen molar-refractivity contribution in [3.63, 3.8) is 0 Å². The zero-order chi connectivity index (χ0) is 11.3. The number of amidine groups is 1. The summed E-state index contributed by atoms with van der Waals surface area (Å²) in [6.45, 7) is 6.00. The number of hydrogen-bond donors (Lipinski definition) is 1. The Morgan fingerprint density at radius 1 is 1.67 bits per heavy atom. The molecule has 0 aliphatic heterocycles. The van der Waals surface area contributed by atoms with E-state index >= 15 is 0 Å². The number of rotatable bonds is 3. The van der Waals surface area contributed by atoms with E-state index in [1.807, 2.05) is 13.1 Å². The van der Waals surface area contributed by atoms with Crippen LogP contribution in [-0.2, 0) is 0 Å². The van der Waals surface area contributed by atoms with Gasteiger partial charge in [0, 0.05) is 9.75 Å². The summed E-state index contributed by atoms with van der Waals surface area (Å²) in [7, 11) is 0. The molecular formula is C11H15N3S. The van der Waals surface area contributed by atoms with Crippen molar-refractivity contribution in [1.82, 2.24) is 5.32 Å². The summed E-state index contributed by atoms with van der Waals surface area (Å²) in [6.07, 6.45) is 2.83. The molecule has 0 bridgehead atoms. The molecule has 0 saturated carbocycles. The molecule has 1 unspecified atom stereocenters. The van der Waals surface area contributed by atoms with E-state index in [9.17, 15) is 0 Å². The second-order valence-electron chi connectivity index (χ2n) is 3.32. The van der Waals surface area contributed by atoms with Crippen molar-refractivity contribution in [3.8, 4) is 6.19 Å². The van der Waals surface area contributed by atoms with Crippen LogP contribution in [0.1, 0.15) is 36.1 Å². The first kappa shape index (κ1) is 11.7. The predicted molar refractivity (Wildman–Crippen MR) is 63.9 cm³/mol. The fourth-order valence-electron chi connectivity index (χ4n) is 1.34. The van der Waals surface area contributed by atoms with Crippen molar-refractivity contribution in [2.45, 2.75) is 33.2 Å². The number of nitriles is 1. The summed E-state index contributed by atoms with van der Waals surface area (Å²) in [5.74, 6) is 0.676. The van der Waals surface area contributed by atoms with Crippen molar-refractivity contribution >= 4 is 17.2 Å². The summed E-state index contributed by atoms with van der Waals surface area (Å²) in [5.41, 5.74) is 0. The molecule has 0 amide bonds. The van der Waals surface area contributed by atoms with Crippen molar-refractivity contribution in [2.24, 2.45) is 4.99 Å². The molecule has 0 aliphatic rings. The van der Waals surface area contributed by atoms with Crippen molar-refractivity contribution < 1.29 is 0 Å². The van der Waals surface area contributed by atoms with E-state index in [4.69, 9.17) is 5.26 Å². The van der Waals surface area contributed by atoms with E-state index in [-0.39, 0.29) is 6.04 Å². The van der Waals surface area contributed by atoms with E-state index in [2.05, 4.69) is 36.3 Å². The molecule has 1 atom stereocenters. The number of aliphatic imine (C=N–C) groups is 1. The predicted octanol–water partition coefficient (Wildman–Crippen LogP) is 3.00. The van der Waals surface area contributed by atoms with Crippen molar-refractivity contribution in [3.05, 3.63) is 21.9 Å². The van der Waals surface area contributed by atoms with Crippen molar-refractivity contribution in [2.75, 3.05) is 0 Å². The Labute approximate surface area is 94.5 Å². The van der Waals surface area contributed by atoms with Gasteiger partial charge >= 0.3 is 0 Å². The van der Waals surface area contributed by atoms with Gasteiger partial charge in [0.05, 0.1) is 6.04 Å². The van der Waals surface area contributed by atoms with Crippen LogP contribution < -0.4 is 5.32 Å². The molecule has 1 N–H and O–H groups in total. The van der Waals surface area contributed by atoms with Gasteiger partial charge in [-0.15, -0.1) is 11.3 Å². The van der Waals surface area contributed by atoms with Gasteiger partial charge in [0.1, 0.15) is 5.84 Å². The molecule has 4 heteroatoms. The highest BCUT2D eigenvalue weighted by molar-refractivity contribution is 7.12. The third-order valence-electron chi connectivity index (χ3n) is 2.06. The minimum absolute atomic E-state index is 0.171. The summed E-state index contributed by atoms with van der Waals surface area (Å²) >= 11 is 1.76. The molecule has 1 aromatic heterocycles. The molecular weight excluding hydrogens is 206 g/mol. The van der Waals surface area contributed by atoms with Gasteiger partial charge in [-0.2, -0.15) is 5.26 Å². The van der Waals surface area contributed by atoms with E-state index in [1.54, 1.807) is 11.3 Å². The quantitative estimate of drug-likeness (QED) is 0.369. The third-order valence-corrected chi connectivity index (χ3v) is 3.16. The van der Waals surface area contributed by atoms with Gasteiger partial charge in [0.15, 0.2) is 6.19 Å². The largest absolute Gasteiger partial charge is 0.281 e. The van der Waals surface area contributed by atoms with E-state index in [0.29, 0.717) is 5.84 Å². The zero-order valence-corrected chi connectivity index (χ0v) is 10.1. The first-order valence-electron chi connectivity index (χ1n) is 4.93. The molecule has 0 spiro atoms. The zero-order valence-electron chi connectivity index (χ0n) is 9.24. The molecule has 1 heterocycles. The topological polar surface area (TPSA) is 48.2 Å². The van der Waals surface area contributed by atoms with Crippen LogP contribution in [-0.4, -0.2) is 5.84 Å². The number of thiophene rings is 1. The maximum absolute atomic E-state index is 8.46. The van der Waals surface area contributed by atoms with Crippen LogP contribution in [0.2, 0.25) is 0 Å². The molecule has 0 fully saturated rings. The number of aryl methyl sites for hydroxylation is 1. The average molecular weight is 221 g/mol. The van der Waals surface area contributed by atoms with Gasteiger partial charge in [-0.1, -0.05) is 6.92 Å². The Balaban J connectivity index is 2.81. The van der Waals surface area contributed by atoms with Gasteiger partial charge in [-0.25, -0.2) is 0 Å². The smallest absolute Gasteiger partial charge is 0.182 e. The second-order valence-corrected chi connectivity index (χ2v) is 4.64. The minimum Gasteiger partial charge on any atom is -0.281 e. The lowest BCUT2D eigenvalue weighted by Gasteiger charge is -2.08. The molecule has 0 aromatic carbocycles. The van der Waals surface area contributed by atoms with Crippen LogP contribution in [0, 0.1) is 18.4 Å². The normalized spacial score (nSPS) is 13.3. The van der Waals surface area contributed by atoms with Crippen LogP contribution in [0.15, 0.2) is 17.1 Å². The molecule has 15 heavy (non-hydrogen) atoms. The molecule has 0 aliphatic carbocycles. The fraction of sp³-hybridized carbons (Fsp3) is 0.455. The highest BCUT2D eigenvalue weighted by Crippen LogP contribution is 2.27. The number of nitrogens with one attached hydrogen (secondary N) is 1. The van der Waals surface area contributed by atoms with Gasteiger partial charge < -0.3 is 0 Å². The van der Waals surface area contributed by atoms with Crippen LogP contribution in [0.4, 0.5) is 0 Å². The molecule has 1 rings (SSSR count). The van der Waals surface area contributed by atoms with Crippen LogP contribution in [0.25, 0.3) is 0 Å². The molecule has 80 valence electrons. The molecule has 0 saturated heterocycles. The Hall–Kier alpha value is -1.34. The lowest BCUT2D eigenvalue weighted by Crippen LogP contribution is -2.14. The summed E-state index contributed by atoms with van der Waals surface area (Å²) < 4.78 is 0. The molecule has 1 aromatic rings. The number of hydrogen-bond acceptors (Lipinski definition) is 3. The van der Waals surface area contributed by atoms with Gasteiger partial charge in [0.25, 0.3) is 0 Å². The maximum Gasteiger partial charge on any atom is 0.182 e. The first-order valence-corrected chi connectivity index (χ1v) is 5.74. The third kappa shape index (κ3) is 3.37. The highest BCUT2D eigenvalue weighted by Gasteiger charge is 2.09. The fourth-order valence-corrected chi connectivity index (χ4v) is 2.33. The van der Waals surface area contributed by atoms with Crippen LogP contribution in [0.5, 0.6) is 0 Å². The van der Waals surface area contributed by atoms with Crippen LogP contribution in [0.3, 0.4) is 0 Å². The van der Waals surface area contributed by atoms with Crippen molar-refractivity contribution in [1.29, 1.82) is 5.26 Å². The summed E-state index contributed by atoms with van der Waals surface area (Å²) in [4.78, 5) is 7.02. The number of nitrogens with zero attached hydrogens (tertiary/aromatic N) is 2. The Morgan fingerprint density at radius 3 is 2.87 bits per heavy atom. The highest BCUT2D eigenvalue weighted by atomic mass is 32.1. The maximum atomic E-state index is 8.46. The lowest BCUT2D eigenvalue weighted by atomic mass is 10.2. The van der Waals surface area contributed by atoms with Gasteiger partial charge in [-0.05, 0) is 32.4 Å². The monoisotopic (exact) mass is 221 g/mol. The lowest BCUT2D eigenvalue weighted by molar-refractivity contribution is 0.710. The summed E-state index contributed by atoms with van der Waals surface area (Å²) in [5, 5.41) is 11.0. The van der Waals surface area contributed by atoms with E-state index < -0.39 is 0 Å². The minimum atomic E-state index is 0.171.